The number of nitriles is 2. The molecule has 1 rings (SSSR count). The molecule has 1 saturated heterocycles. The summed E-state index contributed by atoms with van der Waals surface area (Å²) in [6, 6.07) is 0. The number of nitrogens with two attached hydrogens (primary N) is 2. The van der Waals surface area contributed by atoms with E-state index in [1.807, 2.05) is 0 Å². The summed E-state index contributed by atoms with van der Waals surface area (Å²) in [6.45, 7) is 16.8. The first kappa shape index (κ1) is 27.1. The van der Waals surface area contributed by atoms with E-state index in [9.17, 15) is 0 Å². The summed E-state index contributed by atoms with van der Waals surface area (Å²) >= 11 is 0. The molecule has 16 heteroatoms. The zero-order chi connectivity index (χ0) is 25.3. The summed E-state index contributed by atoms with van der Waals surface area (Å²) in [4.78, 5) is 20.0. The first-order valence-electron chi connectivity index (χ1n) is 10.2. The molecule has 1 heterocycles. The summed E-state index contributed by atoms with van der Waals surface area (Å²) in [5.74, 6) is -0.0839. The number of nitrogens with zero attached hydrogens (tertiary/aromatic N) is 10. The largest absolute Gasteiger partial charge is 0.369 e. The van der Waals surface area contributed by atoms with Crippen LogP contribution in [-0.2, 0) is 0 Å². The Morgan fingerprint density at radius 1 is 0.706 bits per heavy atom. The van der Waals surface area contributed by atoms with Crippen LogP contribution < -0.4 is 22.3 Å². The number of nitrogens with one attached hydrogen (secondary N) is 4. The summed E-state index contributed by atoms with van der Waals surface area (Å²) in [5, 5.41) is 34.0. The van der Waals surface area contributed by atoms with Crippen molar-refractivity contribution in [3.8, 4) is 12.4 Å². The Labute approximate surface area is 198 Å². The van der Waals surface area contributed by atoms with Crippen LogP contribution in [-0.4, -0.2) is 95.8 Å². The van der Waals surface area contributed by atoms with Crippen molar-refractivity contribution in [3.05, 3.63) is 23.1 Å². The number of guanidine groups is 4. The van der Waals surface area contributed by atoms with Gasteiger partial charge < -0.3 is 31.1 Å². The van der Waals surface area contributed by atoms with Crippen molar-refractivity contribution in [1.82, 2.24) is 30.5 Å². The van der Waals surface area contributed by atoms with Crippen molar-refractivity contribution in [2.24, 2.45) is 21.5 Å². The Bertz CT molecular complexity index is 850. The van der Waals surface area contributed by atoms with Crippen LogP contribution in [0.2, 0.25) is 0 Å². The Kier molecular flexibility index (Phi) is 11.9. The number of hydrogen-bond acceptors (Lipinski definition) is 6. The van der Waals surface area contributed by atoms with Crippen LogP contribution >= 0.6 is 0 Å². The fourth-order valence-corrected chi connectivity index (χ4v) is 3.23. The van der Waals surface area contributed by atoms with Crippen molar-refractivity contribution in [2.75, 3.05) is 52.4 Å². The molecule has 0 aromatic heterocycles. The lowest BCUT2D eigenvalue weighted by Gasteiger charge is -2.32. The third-order valence-corrected chi connectivity index (χ3v) is 4.92. The molecule has 8 N–H and O–H groups in total. The monoisotopic (exact) mass is 468 g/mol. The summed E-state index contributed by atoms with van der Waals surface area (Å²) < 4.78 is 0. The van der Waals surface area contributed by atoms with Gasteiger partial charge in [0.25, 0.3) is 11.9 Å². The lowest BCUT2D eigenvalue weighted by atomic mass is 10.3. The smallest absolute Gasteiger partial charge is 0.262 e. The van der Waals surface area contributed by atoms with Crippen LogP contribution in [0.3, 0.4) is 0 Å². The second-order valence-electron chi connectivity index (χ2n) is 6.94. The van der Waals surface area contributed by atoms with Crippen molar-refractivity contribution in [2.45, 2.75) is 12.8 Å². The first-order chi connectivity index (χ1) is 16.4. The van der Waals surface area contributed by atoms with Gasteiger partial charge in [-0.1, -0.05) is 10.9 Å². The fraction of sp³-hybridized carbons (Fsp3) is 0.556. The van der Waals surface area contributed by atoms with Crippen LogP contribution in [0, 0.1) is 46.9 Å². The van der Waals surface area contributed by atoms with Crippen molar-refractivity contribution in [3.63, 3.8) is 0 Å². The van der Waals surface area contributed by atoms with Gasteiger partial charge in [0.05, 0.1) is 0 Å². The number of rotatable bonds is 0. The quantitative estimate of drug-likeness (QED) is 0.0777. The summed E-state index contributed by atoms with van der Waals surface area (Å²) in [7, 11) is 0. The van der Waals surface area contributed by atoms with E-state index in [0.29, 0.717) is 65.2 Å². The van der Waals surface area contributed by atoms with Gasteiger partial charge in [-0.2, -0.15) is 33.6 Å². The lowest BCUT2D eigenvalue weighted by molar-refractivity contribution is 0.274. The van der Waals surface area contributed by atoms with Gasteiger partial charge in [0, 0.05) is 52.4 Å². The molecular formula is C18H28N16. The lowest BCUT2D eigenvalue weighted by Crippen LogP contribution is -2.50. The average Bonchev–Trinajstić information content (AvgIpc) is 2.80. The molecule has 180 valence electrons. The van der Waals surface area contributed by atoms with Gasteiger partial charge in [-0.25, -0.2) is 0 Å². The Morgan fingerprint density at radius 3 is 1.35 bits per heavy atom. The molecule has 0 aliphatic carbocycles. The van der Waals surface area contributed by atoms with Gasteiger partial charge in [0.15, 0.2) is 0 Å². The van der Waals surface area contributed by atoms with E-state index in [-0.39, 0.29) is 23.8 Å². The van der Waals surface area contributed by atoms with E-state index in [1.54, 1.807) is 32.0 Å². The topological polar surface area (TPSA) is 218 Å². The summed E-state index contributed by atoms with van der Waals surface area (Å²) in [6.07, 6.45) is 4.37. The molecule has 34 heavy (non-hydrogen) atoms. The predicted molar refractivity (Wildman–Crippen MR) is 125 cm³/mol. The molecule has 1 aliphatic heterocycles. The maximum absolute atomic E-state index is 8.89. The zero-order valence-corrected chi connectivity index (χ0v) is 18.7. The van der Waals surface area contributed by atoms with Crippen molar-refractivity contribution in [1.29, 1.82) is 21.3 Å². The molecule has 1 aliphatic rings. The maximum atomic E-state index is 8.89. The Morgan fingerprint density at radius 2 is 1.03 bits per heavy atom. The molecular weight excluding hydrogens is 440 g/mol. The highest BCUT2D eigenvalue weighted by Crippen LogP contribution is 2.04. The highest BCUT2D eigenvalue weighted by atomic mass is 15.4. The number of hydrogen-bond donors (Lipinski definition) is 6. The standard InChI is InChI=1S/C18H28N16/c1-25-29-17(23)33-7-3-5-31(15(21)27-13-19)9-10-32(16(22)28-14-20)6-4-8-34(12-11-33)18(24)30-26-2/h3-12H2,(H2,21,27)(H2,22,28)(H2,23,29)(H2,24,30). The van der Waals surface area contributed by atoms with E-state index < -0.39 is 0 Å². The third-order valence-electron chi connectivity index (χ3n) is 4.92. The van der Waals surface area contributed by atoms with Gasteiger partial charge in [-0.05, 0) is 12.8 Å². The molecule has 1 fully saturated rings. The SMILES string of the molecule is [C-]#[N+]NC(=N)N1CCCN(C(N)=NC#N)CCN(C(N)=NC#N)CCCN(C(=N)N[N+]#[C-])CC1. The minimum atomic E-state index is -0.0800. The Hall–Kier alpha value is -4.96. The third kappa shape index (κ3) is 9.04. The molecule has 0 aromatic rings. The van der Waals surface area contributed by atoms with E-state index in [0.717, 1.165) is 0 Å². The average molecular weight is 469 g/mol. The molecule has 0 spiro atoms. The van der Waals surface area contributed by atoms with Crippen LogP contribution in [0.25, 0.3) is 9.91 Å². The minimum absolute atomic E-state index is 0.0380. The molecule has 0 unspecified atom stereocenters. The normalized spacial score (nSPS) is 16.7. The fourth-order valence-electron chi connectivity index (χ4n) is 3.23. The molecule has 0 saturated carbocycles. The van der Waals surface area contributed by atoms with Gasteiger partial charge in [-0.3, -0.25) is 10.8 Å². The first-order valence-corrected chi connectivity index (χ1v) is 10.2. The number of aliphatic imine (C=N–C) groups is 2. The van der Waals surface area contributed by atoms with E-state index in [1.165, 1.54) is 0 Å². The molecule has 16 nitrogen and oxygen atoms in total. The summed E-state index contributed by atoms with van der Waals surface area (Å²) in [5.41, 5.74) is 16.5. The van der Waals surface area contributed by atoms with Gasteiger partial charge in [0.1, 0.15) is 0 Å². The molecule has 0 atom stereocenters. The predicted octanol–water partition coefficient (Wildman–Crippen LogP) is -1.70. The second kappa shape index (κ2) is 14.9. The van der Waals surface area contributed by atoms with Crippen LogP contribution in [0.15, 0.2) is 9.98 Å². The van der Waals surface area contributed by atoms with E-state index >= 15 is 0 Å². The molecule has 0 radical (unpaired) electrons. The van der Waals surface area contributed by atoms with E-state index in [4.69, 9.17) is 46.0 Å². The highest BCUT2D eigenvalue weighted by Gasteiger charge is 2.20. The molecule has 0 aromatic carbocycles. The Balaban J connectivity index is 3.17. The zero-order valence-electron chi connectivity index (χ0n) is 18.7. The maximum Gasteiger partial charge on any atom is 0.262 e. The molecule has 0 amide bonds. The van der Waals surface area contributed by atoms with E-state index in [2.05, 4.69) is 30.7 Å². The second-order valence-corrected chi connectivity index (χ2v) is 6.94. The van der Waals surface area contributed by atoms with Crippen LogP contribution in [0.1, 0.15) is 12.8 Å². The van der Waals surface area contributed by atoms with Gasteiger partial charge in [0.2, 0.25) is 24.3 Å². The molecule has 0 bridgehead atoms. The van der Waals surface area contributed by atoms with Gasteiger partial charge in [-0.15, -0.1) is 9.98 Å². The van der Waals surface area contributed by atoms with Crippen LogP contribution in [0.4, 0.5) is 0 Å². The highest BCUT2D eigenvalue weighted by molar-refractivity contribution is 5.80. The van der Waals surface area contributed by atoms with Crippen molar-refractivity contribution >= 4 is 23.8 Å². The van der Waals surface area contributed by atoms with Crippen LogP contribution in [0.5, 0.6) is 0 Å². The minimum Gasteiger partial charge on any atom is -0.369 e. The van der Waals surface area contributed by atoms with Gasteiger partial charge >= 0.3 is 0 Å². The van der Waals surface area contributed by atoms with Crippen molar-refractivity contribution < 1.29 is 0 Å².